The highest BCUT2D eigenvalue weighted by molar-refractivity contribution is 5.89. The van der Waals surface area contributed by atoms with Crippen LogP contribution in [0, 0.1) is 0 Å². The molecule has 8 nitrogen and oxygen atoms in total. The molecule has 27 heavy (non-hydrogen) atoms. The fourth-order valence-electron chi connectivity index (χ4n) is 3.11. The van der Waals surface area contributed by atoms with Crippen LogP contribution in [-0.2, 0) is 10.2 Å². The van der Waals surface area contributed by atoms with Crippen molar-refractivity contribution in [2.24, 2.45) is 0 Å². The highest BCUT2D eigenvalue weighted by Gasteiger charge is 2.33. The third-order valence-electron chi connectivity index (χ3n) is 4.97. The van der Waals surface area contributed by atoms with Crippen LogP contribution in [0.4, 0.5) is 10.6 Å². The van der Waals surface area contributed by atoms with Crippen LogP contribution in [0.5, 0.6) is 0 Å². The topological polar surface area (TPSA) is 94.0 Å². The van der Waals surface area contributed by atoms with Gasteiger partial charge >= 0.3 is 6.03 Å². The molecule has 0 bridgehead atoms. The molecule has 146 valence electrons. The summed E-state index contributed by atoms with van der Waals surface area (Å²) in [7, 11) is 0. The Morgan fingerprint density at radius 3 is 2.52 bits per heavy atom. The van der Waals surface area contributed by atoms with Crippen LogP contribution in [0.15, 0.2) is 24.5 Å². The fraction of sp³-hybridized carbons (Fsp3) is 0.579. The Morgan fingerprint density at radius 2 is 1.93 bits per heavy atom. The SMILES string of the molecule is CCC1(NC(=O)Nc2cc(C(C)(C)C)nn2-c2ncccn2)CCOCC1. The summed E-state index contributed by atoms with van der Waals surface area (Å²) in [5, 5.41) is 10.7. The van der Waals surface area contributed by atoms with Gasteiger partial charge in [-0.1, -0.05) is 27.7 Å². The Morgan fingerprint density at radius 1 is 1.26 bits per heavy atom. The average Bonchev–Trinajstić information content (AvgIpc) is 3.07. The largest absolute Gasteiger partial charge is 0.381 e. The molecule has 2 amide bonds. The van der Waals surface area contributed by atoms with Crippen LogP contribution in [-0.4, -0.2) is 44.5 Å². The van der Waals surface area contributed by atoms with Crippen molar-refractivity contribution >= 4 is 11.8 Å². The Hall–Kier alpha value is -2.48. The number of urea groups is 1. The third-order valence-corrected chi connectivity index (χ3v) is 4.97. The summed E-state index contributed by atoms with van der Waals surface area (Å²) in [6.45, 7) is 9.64. The highest BCUT2D eigenvalue weighted by Crippen LogP contribution is 2.27. The van der Waals surface area contributed by atoms with E-state index in [4.69, 9.17) is 4.74 Å². The van der Waals surface area contributed by atoms with E-state index in [1.54, 1.807) is 23.1 Å². The Labute approximate surface area is 159 Å². The molecule has 2 aromatic heterocycles. The van der Waals surface area contributed by atoms with E-state index in [9.17, 15) is 4.79 Å². The van der Waals surface area contributed by atoms with E-state index < -0.39 is 0 Å². The van der Waals surface area contributed by atoms with Crippen molar-refractivity contribution in [2.75, 3.05) is 18.5 Å². The highest BCUT2D eigenvalue weighted by atomic mass is 16.5. The van der Waals surface area contributed by atoms with E-state index >= 15 is 0 Å². The Balaban J connectivity index is 1.85. The number of aromatic nitrogens is 4. The van der Waals surface area contributed by atoms with Gasteiger partial charge in [0.1, 0.15) is 5.82 Å². The quantitative estimate of drug-likeness (QED) is 0.860. The lowest BCUT2D eigenvalue weighted by atomic mass is 9.87. The average molecular weight is 372 g/mol. The number of rotatable bonds is 4. The summed E-state index contributed by atoms with van der Waals surface area (Å²) in [6, 6.07) is 3.36. The number of hydrogen-bond donors (Lipinski definition) is 2. The second kappa shape index (κ2) is 7.64. The van der Waals surface area contributed by atoms with Crippen LogP contribution < -0.4 is 10.6 Å². The van der Waals surface area contributed by atoms with E-state index in [1.807, 2.05) is 6.07 Å². The van der Waals surface area contributed by atoms with Gasteiger partial charge in [0.05, 0.1) is 5.69 Å². The molecule has 0 radical (unpaired) electrons. The maximum atomic E-state index is 12.7. The Bertz CT molecular complexity index is 775. The van der Waals surface area contributed by atoms with E-state index in [0.29, 0.717) is 25.0 Å². The molecule has 1 aliphatic heterocycles. The normalized spacial score (nSPS) is 16.7. The molecular weight excluding hydrogens is 344 g/mol. The van der Waals surface area contributed by atoms with Gasteiger partial charge in [-0.3, -0.25) is 5.32 Å². The summed E-state index contributed by atoms with van der Waals surface area (Å²) in [5.74, 6) is 0.960. The molecule has 1 aliphatic rings. The standard InChI is InChI=1S/C19H28N6O2/c1-5-19(7-11-27-12-8-19)23-17(26)22-15-13-14(18(2,3)4)24-25(15)16-20-9-6-10-21-16/h6,9-10,13H,5,7-8,11-12H2,1-4H3,(H2,22,23,26). The first-order valence-electron chi connectivity index (χ1n) is 9.38. The van der Waals surface area contributed by atoms with Crippen LogP contribution in [0.3, 0.4) is 0 Å². The predicted molar refractivity (Wildman–Crippen MR) is 103 cm³/mol. The molecule has 0 aliphatic carbocycles. The number of carbonyl (C=O) groups is 1. The van der Waals surface area contributed by atoms with Gasteiger partial charge < -0.3 is 10.1 Å². The van der Waals surface area contributed by atoms with Gasteiger partial charge in [0, 0.05) is 42.6 Å². The molecule has 3 heterocycles. The van der Waals surface area contributed by atoms with Gasteiger partial charge in [0.2, 0.25) is 0 Å². The molecule has 3 rings (SSSR count). The first-order chi connectivity index (χ1) is 12.8. The predicted octanol–water partition coefficient (Wildman–Crippen LogP) is 3.04. The molecule has 0 saturated carbocycles. The van der Waals surface area contributed by atoms with Crippen molar-refractivity contribution in [3.8, 4) is 5.95 Å². The van der Waals surface area contributed by atoms with Crippen molar-refractivity contribution < 1.29 is 9.53 Å². The molecular formula is C19H28N6O2. The van der Waals surface area contributed by atoms with Crippen molar-refractivity contribution in [3.63, 3.8) is 0 Å². The number of nitrogens with one attached hydrogen (secondary N) is 2. The van der Waals surface area contributed by atoms with Crippen molar-refractivity contribution in [2.45, 2.75) is 57.9 Å². The van der Waals surface area contributed by atoms with E-state index in [2.05, 4.69) is 53.4 Å². The van der Waals surface area contributed by atoms with Gasteiger partial charge in [0.15, 0.2) is 0 Å². The molecule has 0 atom stereocenters. The van der Waals surface area contributed by atoms with Crippen LogP contribution in [0.2, 0.25) is 0 Å². The zero-order valence-corrected chi connectivity index (χ0v) is 16.5. The maximum absolute atomic E-state index is 12.7. The summed E-state index contributed by atoms with van der Waals surface area (Å²) < 4.78 is 7.01. The number of anilines is 1. The summed E-state index contributed by atoms with van der Waals surface area (Å²) in [4.78, 5) is 21.3. The summed E-state index contributed by atoms with van der Waals surface area (Å²) in [5.41, 5.74) is 0.447. The molecule has 0 unspecified atom stereocenters. The fourth-order valence-corrected chi connectivity index (χ4v) is 3.11. The van der Waals surface area contributed by atoms with Gasteiger partial charge in [-0.05, 0) is 25.3 Å². The minimum atomic E-state index is -0.253. The molecule has 2 aromatic rings. The van der Waals surface area contributed by atoms with Crippen molar-refractivity contribution in [1.29, 1.82) is 0 Å². The number of nitrogens with zero attached hydrogens (tertiary/aromatic N) is 4. The molecule has 1 fully saturated rings. The van der Waals surface area contributed by atoms with Gasteiger partial charge in [-0.2, -0.15) is 9.78 Å². The summed E-state index contributed by atoms with van der Waals surface area (Å²) >= 11 is 0. The monoisotopic (exact) mass is 372 g/mol. The lowest BCUT2D eigenvalue weighted by Gasteiger charge is -2.37. The molecule has 0 spiro atoms. The molecule has 1 saturated heterocycles. The van der Waals surface area contributed by atoms with Crippen molar-refractivity contribution in [3.05, 3.63) is 30.2 Å². The first-order valence-corrected chi connectivity index (χ1v) is 9.38. The third kappa shape index (κ3) is 4.44. The van der Waals surface area contributed by atoms with Gasteiger partial charge in [0.25, 0.3) is 5.95 Å². The molecule has 0 aromatic carbocycles. The van der Waals surface area contributed by atoms with Gasteiger partial charge in [-0.25, -0.2) is 14.8 Å². The second-order valence-corrected chi connectivity index (χ2v) is 7.95. The first kappa shape index (κ1) is 19.3. The number of hydrogen-bond acceptors (Lipinski definition) is 5. The maximum Gasteiger partial charge on any atom is 0.320 e. The number of ether oxygens (including phenoxy) is 1. The smallest absolute Gasteiger partial charge is 0.320 e. The zero-order chi connectivity index (χ0) is 19.5. The van der Waals surface area contributed by atoms with Gasteiger partial charge in [-0.15, -0.1) is 0 Å². The van der Waals surface area contributed by atoms with Crippen LogP contribution in [0.1, 0.15) is 52.7 Å². The molecule has 2 N–H and O–H groups in total. The van der Waals surface area contributed by atoms with E-state index in [0.717, 1.165) is 25.0 Å². The van der Waals surface area contributed by atoms with Crippen LogP contribution >= 0.6 is 0 Å². The minimum absolute atomic E-state index is 0.168. The minimum Gasteiger partial charge on any atom is -0.381 e. The van der Waals surface area contributed by atoms with E-state index in [1.165, 1.54) is 0 Å². The number of carbonyl (C=O) groups excluding carboxylic acids is 1. The van der Waals surface area contributed by atoms with E-state index in [-0.39, 0.29) is 17.0 Å². The van der Waals surface area contributed by atoms with Crippen molar-refractivity contribution in [1.82, 2.24) is 25.1 Å². The van der Waals surface area contributed by atoms with Crippen LogP contribution in [0.25, 0.3) is 5.95 Å². The zero-order valence-electron chi connectivity index (χ0n) is 16.5. The summed E-state index contributed by atoms with van der Waals surface area (Å²) in [6.07, 6.45) is 5.78. The lowest BCUT2D eigenvalue weighted by Crippen LogP contribution is -2.52. The molecule has 8 heteroatoms. The Kier molecular flexibility index (Phi) is 5.46. The second-order valence-electron chi connectivity index (χ2n) is 7.95. The number of amides is 2. The lowest BCUT2D eigenvalue weighted by molar-refractivity contribution is 0.0416.